The maximum absolute atomic E-state index is 13.7. The van der Waals surface area contributed by atoms with Crippen molar-refractivity contribution in [1.29, 1.82) is 0 Å². The lowest BCUT2D eigenvalue weighted by atomic mass is 9.94. The topological polar surface area (TPSA) is 74.9 Å². The molecule has 6 nitrogen and oxygen atoms in total. The van der Waals surface area contributed by atoms with E-state index >= 15 is 0 Å². The van der Waals surface area contributed by atoms with Crippen molar-refractivity contribution in [2.75, 3.05) is 13.1 Å². The molecule has 0 spiro atoms. The minimum atomic E-state index is -0.644. The summed E-state index contributed by atoms with van der Waals surface area (Å²) in [5.74, 6) is -0.0489. The van der Waals surface area contributed by atoms with Crippen molar-refractivity contribution in [3.05, 3.63) is 91.5 Å². The molecule has 1 amide bonds. The van der Waals surface area contributed by atoms with E-state index in [1.54, 1.807) is 46.7 Å². The van der Waals surface area contributed by atoms with E-state index in [0.717, 1.165) is 10.0 Å². The van der Waals surface area contributed by atoms with Crippen LogP contribution in [0.2, 0.25) is 5.02 Å². The number of rotatable bonds is 5. The van der Waals surface area contributed by atoms with Gasteiger partial charge in [-0.3, -0.25) is 14.2 Å². The lowest BCUT2D eigenvalue weighted by molar-refractivity contribution is -0.127. The number of aromatic hydroxyl groups is 1. The Kier molecular flexibility index (Phi) is 7.89. The van der Waals surface area contributed by atoms with Gasteiger partial charge in [-0.15, -0.1) is 0 Å². The first-order valence-corrected chi connectivity index (χ1v) is 14.0. The normalized spacial score (nSPS) is 15.7. The zero-order valence-electron chi connectivity index (χ0n) is 19.2. The molecule has 1 aliphatic rings. The Morgan fingerprint density at radius 3 is 2.57 bits per heavy atom. The molecule has 1 atom stereocenters. The fourth-order valence-corrected chi connectivity index (χ4v) is 6.79. The van der Waals surface area contributed by atoms with Gasteiger partial charge in [0.1, 0.15) is 5.75 Å². The molecule has 0 saturated carbocycles. The van der Waals surface area contributed by atoms with Crippen LogP contribution < -0.4 is 14.9 Å². The summed E-state index contributed by atoms with van der Waals surface area (Å²) in [6.45, 7) is 6.75. The number of fused-ring (bicyclic) bond motifs is 1. The number of benzene rings is 2. The molecule has 4 rings (SSSR count). The number of thiazole rings is 1. The fraction of sp³-hybridized carbons (Fsp3) is 0.240. The molecule has 0 unspecified atom stereocenters. The van der Waals surface area contributed by atoms with Crippen molar-refractivity contribution in [3.8, 4) is 5.75 Å². The Morgan fingerprint density at radius 2 is 1.94 bits per heavy atom. The van der Waals surface area contributed by atoms with Gasteiger partial charge in [-0.25, -0.2) is 4.99 Å². The van der Waals surface area contributed by atoms with Crippen LogP contribution in [0.5, 0.6) is 5.75 Å². The first-order valence-electron chi connectivity index (χ1n) is 10.9. The third-order valence-corrected chi connectivity index (χ3v) is 8.35. The van der Waals surface area contributed by atoms with Gasteiger partial charge >= 0.3 is 0 Å². The van der Waals surface area contributed by atoms with E-state index in [2.05, 4.69) is 20.9 Å². The molecule has 0 saturated heterocycles. The molecule has 1 aliphatic heterocycles. The molecule has 35 heavy (non-hydrogen) atoms. The molecule has 182 valence electrons. The Balaban J connectivity index is 1.99. The zero-order chi connectivity index (χ0) is 25.4. The van der Waals surface area contributed by atoms with E-state index in [9.17, 15) is 14.7 Å². The van der Waals surface area contributed by atoms with Gasteiger partial charge in [-0.05, 0) is 79.3 Å². The van der Waals surface area contributed by atoms with Gasteiger partial charge in [-0.1, -0.05) is 51.0 Å². The number of hydrogen-bond donors (Lipinski definition) is 1. The van der Waals surface area contributed by atoms with Crippen LogP contribution in [0, 0.1) is 3.57 Å². The number of likely N-dealkylation sites (N-methyl/N-ethyl adjacent to an activating group) is 1. The number of phenols is 1. The lowest BCUT2D eigenvalue weighted by Gasteiger charge is -2.29. The highest BCUT2D eigenvalue weighted by molar-refractivity contribution is 14.1. The van der Waals surface area contributed by atoms with Crippen LogP contribution in [0.4, 0.5) is 0 Å². The molecule has 0 fully saturated rings. The van der Waals surface area contributed by atoms with Crippen LogP contribution in [-0.4, -0.2) is 33.6 Å². The summed E-state index contributed by atoms with van der Waals surface area (Å²) in [5.41, 5.74) is 2.06. The van der Waals surface area contributed by atoms with E-state index < -0.39 is 6.04 Å². The largest absolute Gasteiger partial charge is 0.506 e. The molecule has 0 radical (unpaired) electrons. The summed E-state index contributed by atoms with van der Waals surface area (Å²) < 4.78 is 3.44. The number of halogens is 3. The number of hydrogen-bond acceptors (Lipinski definition) is 5. The smallest absolute Gasteiger partial charge is 0.271 e. The van der Waals surface area contributed by atoms with Gasteiger partial charge in [-0.2, -0.15) is 0 Å². The average Bonchev–Trinajstić information content (AvgIpc) is 3.12. The zero-order valence-corrected chi connectivity index (χ0v) is 24.5. The van der Waals surface area contributed by atoms with Crippen LogP contribution in [0.1, 0.15) is 37.9 Å². The molecule has 1 N–H and O–H groups in total. The molecule has 0 aliphatic carbocycles. The van der Waals surface area contributed by atoms with Crippen molar-refractivity contribution >= 4 is 73.4 Å². The predicted molar refractivity (Wildman–Crippen MR) is 152 cm³/mol. The molecule has 0 bridgehead atoms. The second-order valence-electron chi connectivity index (χ2n) is 7.94. The SMILES string of the molecule is CCN(CC)C(=O)C1=C(C)N=c2s/c(=C/c3cc(Br)cc(I)c3O)c(=O)n2[C@H]1c1ccc(Cl)cc1. The van der Waals surface area contributed by atoms with Crippen molar-refractivity contribution in [1.82, 2.24) is 9.47 Å². The summed E-state index contributed by atoms with van der Waals surface area (Å²) in [6, 6.07) is 10.1. The second-order valence-corrected chi connectivity index (χ2v) is 11.5. The van der Waals surface area contributed by atoms with Crippen molar-refractivity contribution in [2.45, 2.75) is 26.8 Å². The van der Waals surface area contributed by atoms with Gasteiger partial charge in [0.2, 0.25) is 0 Å². The second kappa shape index (κ2) is 10.6. The summed E-state index contributed by atoms with van der Waals surface area (Å²) in [6.07, 6.45) is 1.66. The number of amides is 1. The third kappa shape index (κ3) is 5.00. The summed E-state index contributed by atoms with van der Waals surface area (Å²) in [5, 5.41) is 11.1. The van der Waals surface area contributed by atoms with Crippen LogP contribution in [0.3, 0.4) is 0 Å². The number of carbonyl (C=O) groups is 1. The Labute approximate surface area is 233 Å². The van der Waals surface area contributed by atoms with E-state index in [1.807, 2.05) is 48.6 Å². The van der Waals surface area contributed by atoms with Gasteiger partial charge < -0.3 is 10.0 Å². The Bertz CT molecular complexity index is 1520. The molecule has 2 heterocycles. The van der Waals surface area contributed by atoms with Gasteiger partial charge in [0, 0.05) is 28.1 Å². The van der Waals surface area contributed by atoms with E-state index in [0.29, 0.717) is 47.8 Å². The van der Waals surface area contributed by atoms with E-state index in [1.165, 1.54) is 11.3 Å². The standard InChI is InChI=1S/C25H22BrClIN3O3S/c1-4-30(5-2)24(34)20-13(3)29-25-31(21(20)14-6-8-17(27)9-7-14)23(33)19(35-25)11-15-10-16(26)12-18(28)22(15)32/h6-12,21,32H,4-5H2,1-3H3/b19-11+/t21-/m0/s1. The van der Waals surface area contributed by atoms with Gasteiger partial charge in [0.15, 0.2) is 4.80 Å². The molecule has 2 aromatic carbocycles. The maximum atomic E-state index is 13.7. The Hall–Kier alpha value is -1.95. The van der Waals surface area contributed by atoms with Crippen LogP contribution in [0.25, 0.3) is 6.08 Å². The monoisotopic (exact) mass is 685 g/mol. The molecule has 1 aromatic heterocycles. The molecular weight excluding hydrogens is 665 g/mol. The van der Waals surface area contributed by atoms with Crippen molar-refractivity contribution in [3.63, 3.8) is 0 Å². The van der Waals surface area contributed by atoms with E-state index in [4.69, 9.17) is 11.6 Å². The lowest BCUT2D eigenvalue weighted by Crippen LogP contribution is -2.43. The predicted octanol–water partition coefficient (Wildman–Crippen LogP) is 4.83. The summed E-state index contributed by atoms with van der Waals surface area (Å²) in [4.78, 5) is 34.2. The minimum absolute atomic E-state index is 0.0995. The number of phenolic OH excluding ortho intramolecular Hbond substituents is 1. The van der Waals surface area contributed by atoms with Crippen molar-refractivity contribution < 1.29 is 9.90 Å². The van der Waals surface area contributed by atoms with Crippen LogP contribution in [-0.2, 0) is 4.79 Å². The Morgan fingerprint density at radius 1 is 1.29 bits per heavy atom. The summed E-state index contributed by atoms with van der Waals surface area (Å²) >= 11 is 12.9. The minimum Gasteiger partial charge on any atom is -0.506 e. The molecule has 3 aromatic rings. The molecule has 10 heteroatoms. The number of nitrogens with zero attached hydrogens (tertiary/aromatic N) is 3. The maximum Gasteiger partial charge on any atom is 0.271 e. The highest BCUT2D eigenvalue weighted by atomic mass is 127. The van der Waals surface area contributed by atoms with Crippen molar-refractivity contribution in [2.24, 2.45) is 4.99 Å². The first kappa shape index (κ1) is 26.1. The van der Waals surface area contributed by atoms with Crippen LogP contribution >= 0.6 is 61.5 Å². The highest BCUT2D eigenvalue weighted by Crippen LogP contribution is 2.32. The number of carbonyl (C=O) groups excluding carboxylic acids is 1. The first-order chi connectivity index (χ1) is 16.7. The third-order valence-electron chi connectivity index (χ3n) is 5.83. The van der Waals surface area contributed by atoms with Gasteiger partial charge in [0.25, 0.3) is 11.5 Å². The fourth-order valence-electron chi connectivity index (χ4n) is 4.07. The quantitative estimate of drug-likeness (QED) is 0.391. The number of allylic oxidation sites excluding steroid dienone is 1. The van der Waals surface area contributed by atoms with E-state index in [-0.39, 0.29) is 17.2 Å². The average molecular weight is 687 g/mol. The highest BCUT2D eigenvalue weighted by Gasteiger charge is 2.34. The molecular formula is C25H22BrClIN3O3S. The van der Waals surface area contributed by atoms with Gasteiger partial charge in [0.05, 0.1) is 25.4 Å². The number of aromatic nitrogens is 1. The summed E-state index contributed by atoms with van der Waals surface area (Å²) in [7, 11) is 0. The van der Waals surface area contributed by atoms with Crippen LogP contribution in [0.15, 0.2) is 61.9 Å².